The Morgan fingerprint density at radius 3 is 2.71 bits per heavy atom. The van der Waals surface area contributed by atoms with E-state index in [1.165, 1.54) is 19.3 Å². The monoisotopic (exact) mass is 223 g/mol. The van der Waals surface area contributed by atoms with Gasteiger partial charge in [0, 0.05) is 0 Å². The summed E-state index contributed by atoms with van der Waals surface area (Å²) in [5, 5.41) is 1.98. The van der Waals surface area contributed by atoms with Gasteiger partial charge in [-0.05, 0) is 24.6 Å². The molecule has 78 valence electrons. The molecule has 6 heteroatoms. The fourth-order valence-electron chi connectivity index (χ4n) is 0.803. The third-order valence-electron chi connectivity index (χ3n) is 1.60. The van der Waals surface area contributed by atoms with Crippen LogP contribution in [0.1, 0.15) is 17.3 Å². The summed E-state index contributed by atoms with van der Waals surface area (Å²) in [6.45, 7) is 1.20. The third-order valence-corrected chi connectivity index (χ3v) is 1.89. The minimum atomic E-state index is -2.61. The molecule has 0 fully saturated rings. The lowest BCUT2D eigenvalue weighted by Gasteiger charge is -2.11. The van der Waals surface area contributed by atoms with E-state index >= 15 is 0 Å². The predicted octanol–water partition coefficient (Wildman–Crippen LogP) is 2.32. The van der Waals surface area contributed by atoms with Crippen molar-refractivity contribution in [3.8, 4) is 0 Å². The average molecular weight is 224 g/mol. The van der Waals surface area contributed by atoms with Crippen LogP contribution in [0.25, 0.3) is 0 Å². The lowest BCUT2D eigenvalue weighted by atomic mass is 10.3. The maximum Gasteiger partial charge on any atom is 0.258 e. The van der Waals surface area contributed by atoms with Crippen LogP contribution in [-0.2, 0) is 0 Å². The van der Waals surface area contributed by atoms with Gasteiger partial charge in [-0.15, -0.1) is 0 Å². The largest absolute Gasteiger partial charge is 0.452 e. The Morgan fingerprint density at radius 2 is 2.29 bits per heavy atom. The van der Waals surface area contributed by atoms with Crippen molar-refractivity contribution in [3.63, 3.8) is 0 Å². The molecule has 1 N–H and O–H groups in total. The van der Waals surface area contributed by atoms with Gasteiger partial charge in [-0.25, -0.2) is 8.78 Å². The zero-order valence-electron chi connectivity index (χ0n) is 7.26. The molecule has 0 aliphatic heterocycles. The molecule has 1 amide bonds. The number of carbonyl (C=O) groups excluding carboxylic acids is 1. The topological polar surface area (TPSA) is 42.2 Å². The van der Waals surface area contributed by atoms with E-state index in [9.17, 15) is 13.6 Å². The molecule has 3 nitrogen and oxygen atoms in total. The van der Waals surface area contributed by atoms with Crippen LogP contribution in [-0.4, -0.2) is 18.4 Å². The van der Waals surface area contributed by atoms with E-state index in [1.807, 2.05) is 0 Å². The van der Waals surface area contributed by atoms with Crippen molar-refractivity contribution in [2.75, 3.05) is 0 Å². The highest BCUT2D eigenvalue weighted by atomic mass is 35.5. The van der Waals surface area contributed by atoms with Crippen LogP contribution >= 0.6 is 11.6 Å². The van der Waals surface area contributed by atoms with E-state index in [0.717, 1.165) is 0 Å². The molecule has 0 aliphatic rings. The number of alkyl halides is 2. The Labute approximate surface area is 84.0 Å². The zero-order chi connectivity index (χ0) is 10.7. The van der Waals surface area contributed by atoms with Gasteiger partial charge in [-0.2, -0.15) is 0 Å². The first-order chi connectivity index (χ1) is 6.52. The van der Waals surface area contributed by atoms with Gasteiger partial charge >= 0.3 is 0 Å². The number of nitrogens with one attached hydrogen (secondary N) is 1. The quantitative estimate of drug-likeness (QED) is 0.855. The molecule has 1 rings (SSSR count). The van der Waals surface area contributed by atoms with Gasteiger partial charge in [0.25, 0.3) is 12.3 Å². The summed E-state index contributed by atoms with van der Waals surface area (Å²) in [5.41, 5.74) is 0.0548. The van der Waals surface area contributed by atoms with E-state index in [1.54, 1.807) is 0 Å². The van der Waals surface area contributed by atoms with E-state index in [0.29, 0.717) is 0 Å². The Bertz CT molecular complexity index is 327. The van der Waals surface area contributed by atoms with Gasteiger partial charge in [0.2, 0.25) is 5.22 Å². The molecular weight excluding hydrogens is 216 g/mol. The van der Waals surface area contributed by atoms with Crippen LogP contribution < -0.4 is 5.32 Å². The molecule has 0 aliphatic carbocycles. The summed E-state index contributed by atoms with van der Waals surface area (Å²) < 4.78 is 28.8. The molecule has 0 aromatic carbocycles. The van der Waals surface area contributed by atoms with Crippen molar-refractivity contribution >= 4 is 17.5 Å². The summed E-state index contributed by atoms with van der Waals surface area (Å²) in [4.78, 5) is 11.3. The molecule has 0 radical (unpaired) electrons. The molecule has 1 aromatic heterocycles. The number of rotatable bonds is 3. The molecule has 1 unspecified atom stereocenters. The summed E-state index contributed by atoms with van der Waals surface area (Å²) in [7, 11) is 0. The smallest absolute Gasteiger partial charge is 0.258 e. The Balaban J connectivity index is 2.64. The molecule has 0 spiro atoms. The number of furan rings is 1. The van der Waals surface area contributed by atoms with Crippen LogP contribution in [0.4, 0.5) is 8.78 Å². The fourth-order valence-corrected chi connectivity index (χ4v) is 1.00. The minimum Gasteiger partial charge on any atom is -0.452 e. The second-order valence-electron chi connectivity index (χ2n) is 2.70. The van der Waals surface area contributed by atoms with Crippen molar-refractivity contribution in [2.24, 2.45) is 0 Å². The number of hydrogen-bond acceptors (Lipinski definition) is 2. The summed E-state index contributed by atoms with van der Waals surface area (Å²) in [6.07, 6.45) is -1.39. The Hall–Kier alpha value is -1.10. The van der Waals surface area contributed by atoms with Crippen molar-refractivity contribution in [3.05, 3.63) is 23.1 Å². The van der Waals surface area contributed by atoms with Gasteiger partial charge in [0.1, 0.15) is 0 Å². The second-order valence-corrected chi connectivity index (χ2v) is 3.05. The predicted molar refractivity (Wildman–Crippen MR) is 46.7 cm³/mol. The molecule has 1 heterocycles. The second kappa shape index (κ2) is 4.41. The van der Waals surface area contributed by atoms with E-state index in [-0.39, 0.29) is 10.8 Å². The highest BCUT2D eigenvalue weighted by molar-refractivity contribution is 6.32. The van der Waals surface area contributed by atoms with Gasteiger partial charge in [0.05, 0.1) is 17.9 Å². The molecular formula is C8H8ClF2NO2. The standard InChI is InChI=1S/C8H8ClF2NO2/c1-4(7(10)11)12-8(13)5-2-3-14-6(5)9/h2-4,7H,1H3,(H,12,13). The molecule has 0 bridgehead atoms. The maximum atomic E-state index is 12.1. The van der Waals surface area contributed by atoms with Crippen molar-refractivity contribution in [1.29, 1.82) is 0 Å². The van der Waals surface area contributed by atoms with Crippen LogP contribution in [0.5, 0.6) is 0 Å². The highest BCUT2D eigenvalue weighted by Crippen LogP contribution is 2.16. The van der Waals surface area contributed by atoms with Crippen LogP contribution in [0, 0.1) is 0 Å². The molecule has 14 heavy (non-hydrogen) atoms. The summed E-state index contributed by atoms with van der Waals surface area (Å²) >= 11 is 5.48. The van der Waals surface area contributed by atoms with Gasteiger partial charge in [0.15, 0.2) is 0 Å². The van der Waals surface area contributed by atoms with E-state index < -0.39 is 18.4 Å². The minimum absolute atomic E-state index is 0.0548. The Kier molecular flexibility index (Phi) is 3.46. The molecule has 1 aromatic rings. The van der Waals surface area contributed by atoms with Crippen molar-refractivity contribution in [2.45, 2.75) is 19.4 Å². The number of carbonyl (C=O) groups is 1. The van der Waals surface area contributed by atoms with Gasteiger partial charge in [-0.1, -0.05) is 0 Å². The number of hydrogen-bond donors (Lipinski definition) is 1. The molecule has 0 saturated carbocycles. The highest BCUT2D eigenvalue weighted by Gasteiger charge is 2.20. The van der Waals surface area contributed by atoms with E-state index in [4.69, 9.17) is 11.6 Å². The normalized spacial score (nSPS) is 12.9. The SMILES string of the molecule is CC(NC(=O)c1ccoc1Cl)C(F)F. The zero-order valence-corrected chi connectivity index (χ0v) is 8.02. The van der Waals surface area contributed by atoms with Gasteiger partial charge in [-0.3, -0.25) is 4.79 Å². The lowest BCUT2D eigenvalue weighted by Crippen LogP contribution is -2.37. The lowest BCUT2D eigenvalue weighted by molar-refractivity contribution is 0.0780. The molecule has 1 atom stereocenters. The van der Waals surface area contributed by atoms with E-state index in [2.05, 4.69) is 9.73 Å². The van der Waals surface area contributed by atoms with Crippen molar-refractivity contribution in [1.82, 2.24) is 5.32 Å². The third kappa shape index (κ3) is 2.45. The van der Waals surface area contributed by atoms with Crippen LogP contribution in [0.3, 0.4) is 0 Å². The average Bonchev–Trinajstić information content (AvgIpc) is 2.51. The van der Waals surface area contributed by atoms with Crippen LogP contribution in [0.15, 0.2) is 16.7 Å². The fraction of sp³-hybridized carbons (Fsp3) is 0.375. The maximum absolute atomic E-state index is 12.1. The number of amides is 1. The number of halogens is 3. The molecule has 0 saturated heterocycles. The van der Waals surface area contributed by atoms with Crippen LogP contribution in [0.2, 0.25) is 5.22 Å². The van der Waals surface area contributed by atoms with Gasteiger partial charge < -0.3 is 9.73 Å². The summed E-state index contributed by atoms with van der Waals surface area (Å²) in [6, 6.07) is 0.101. The summed E-state index contributed by atoms with van der Waals surface area (Å²) in [5.74, 6) is -0.670. The Morgan fingerprint density at radius 1 is 1.64 bits per heavy atom. The first-order valence-electron chi connectivity index (χ1n) is 3.84. The first-order valence-corrected chi connectivity index (χ1v) is 4.22. The van der Waals surface area contributed by atoms with Crippen molar-refractivity contribution < 1.29 is 18.0 Å². The first kappa shape index (κ1) is 11.0.